The van der Waals surface area contributed by atoms with Crippen LogP contribution < -0.4 is 10.6 Å². The predicted octanol–water partition coefficient (Wildman–Crippen LogP) is 2.03. The van der Waals surface area contributed by atoms with Crippen LogP contribution in [0.25, 0.3) is 0 Å². The Morgan fingerprint density at radius 3 is 2.43 bits per heavy atom. The van der Waals surface area contributed by atoms with E-state index in [1.165, 1.54) is 5.56 Å². The smallest absolute Gasteiger partial charge is 0.151 e. The molecule has 1 saturated heterocycles. The lowest BCUT2D eigenvalue weighted by atomic mass is 10.1. The lowest BCUT2D eigenvalue weighted by molar-refractivity contribution is 0.260. The predicted molar refractivity (Wildman–Crippen MR) is 87.4 cm³/mol. The van der Waals surface area contributed by atoms with E-state index < -0.39 is 0 Å². The van der Waals surface area contributed by atoms with Gasteiger partial charge in [0.1, 0.15) is 0 Å². The maximum atomic E-state index is 6.00. The van der Waals surface area contributed by atoms with Crippen molar-refractivity contribution < 1.29 is 0 Å². The summed E-state index contributed by atoms with van der Waals surface area (Å²) in [6.07, 6.45) is 2.93. The van der Waals surface area contributed by atoms with E-state index in [0.717, 1.165) is 50.6 Å². The molecule has 2 N–H and O–H groups in total. The Balaban J connectivity index is 1.50. The van der Waals surface area contributed by atoms with Gasteiger partial charge in [-0.15, -0.1) is 0 Å². The molecule has 0 spiro atoms. The zero-order valence-corrected chi connectivity index (χ0v) is 12.3. The highest BCUT2D eigenvalue weighted by molar-refractivity contribution is 5.62. The van der Waals surface area contributed by atoms with Crippen LogP contribution in [0.1, 0.15) is 5.56 Å². The fourth-order valence-electron chi connectivity index (χ4n) is 2.79. The molecule has 1 aromatic heterocycles. The largest absolute Gasteiger partial charge is 0.396 e. The number of aromatic nitrogens is 1. The average molecular weight is 282 g/mol. The normalized spacial score (nSPS) is 16.1. The van der Waals surface area contributed by atoms with Crippen LogP contribution in [0.15, 0.2) is 48.7 Å². The van der Waals surface area contributed by atoms with Crippen molar-refractivity contribution in [1.29, 1.82) is 0 Å². The number of benzene rings is 1. The summed E-state index contributed by atoms with van der Waals surface area (Å²) < 4.78 is 0. The zero-order chi connectivity index (χ0) is 14.5. The van der Waals surface area contributed by atoms with Gasteiger partial charge in [-0.3, -0.25) is 4.90 Å². The first kappa shape index (κ1) is 13.9. The van der Waals surface area contributed by atoms with Crippen LogP contribution in [-0.2, 0) is 6.42 Å². The van der Waals surface area contributed by atoms with Gasteiger partial charge in [0, 0.05) is 38.9 Å². The Bertz CT molecular complexity index is 562. The van der Waals surface area contributed by atoms with Crippen LogP contribution in [0.3, 0.4) is 0 Å². The molecule has 3 rings (SSSR count). The maximum absolute atomic E-state index is 6.00. The summed E-state index contributed by atoms with van der Waals surface area (Å²) >= 11 is 0. The van der Waals surface area contributed by atoms with Crippen LogP contribution in [0.2, 0.25) is 0 Å². The summed E-state index contributed by atoms with van der Waals surface area (Å²) in [4.78, 5) is 9.21. The van der Waals surface area contributed by atoms with E-state index in [-0.39, 0.29) is 0 Å². The van der Waals surface area contributed by atoms with Crippen molar-refractivity contribution in [1.82, 2.24) is 9.88 Å². The standard InChI is InChI=1S/C17H22N4/c18-16-7-4-9-19-17(16)21-13-11-20(12-14-21)10-8-15-5-2-1-3-6-15/h1-7,9H,8,10-14,18H2. The Kier molecular flexibility index (Phi) is 4.36. The molecule has 0 aliphatic carbocycles. The average Bonchev–Trinajstić information content (AvgIpc) is 2.55. The molecule has 4 nitrogen and oxygen atoms in total. The highest BCUT2D eigenvalue weighted by Crippen LogP contribution is 2.20. The molecule has 1 fully saturated rings. The molecule has 0 amide bonds. The summed E-state index contributed by atoms with van der Waals surface area (Å²) in [5.74, 6) is 0.931. The Morgan fingerprint density at radius 2 is 1.71 bits per heavy atom. The maximum Gasteiger partial charge on any atom is 0.151 e. The Morgan fingerprint density at radius 1 is 0.952 bits per heavy atom. The van der Waals surface area contributed by atoms with E-state index >= 15 is 0 Å². The van der Waals surface area contributed by atoms with E-state index in [2.05, 4.69) is 45.1 Å². The molecule has 1 aromatic carbocycles. The SMILES string of the molecule is Nc1cccnc1N1CCN(CCc2ccccc2)CC1. The van der Waals surface area contributed by atoms with Crippen LogP contribution in [0.5, 0.6) is 0 Å². The third kappa shape index (κ3) is 3.52. The number of rotatable bonds is 4. The minimum absolute atomic E-state index is 0.773. The number of nitrogens with two attached hydrogens (primary N) is 1. The quantitative estimate of drug-likeness (QED) is 0.932. The summed E-state index contributed by atoms with van der Waals surface area (Å²) in [6, 6.07) is 14.5. The van der Waals surface area contributed by atoms with Crippen molar-refractivity contribution in [3.63, 3.8) is 0 Å². The Hall–Kier alpha value is -2.07. The van der Waals surface area contributed by atoms with E-state index in [9.17, 15) is 0 Å². The number of hydrogen-bond acceptors (Lipinski definition) is 4. The molecule has 0 bridgehead atoms. The third-order valence-electron chi connectivity index (χ3n) is 4.05. The second-order valence-electron chi connectivity index (χ2n) is 5.48. The molecule has 4 heteroatoms. The summed E-state index contributed by atoms with van der Waals surface area (Å²) in [7, 11) is 0. The Labute approximate surface area is 126 Å². The molecule has 21 heavy (non-hydrogen) atoms. The number of hydrogen-bond donors (Lipinski definition) is 1. The third-order valence-corrected chi connectivity index (χ3v) is 4.05. The first-order chi connectivity index (χ1) is 10.3. The van der Waals surface area contributed by atoms with Crippen molar-refractivity contribution in [3.8, 4) is 0 Å². The van der Waals surface area contributed by atoms with E-state index in [0.29, 0.717) is 0 Å². The lowest BCUT2D eigenvalue weighted by Crippen LogP contribution is -2.47. The number of nitrogen functional groups attached to an aromatic ring is 1. The summed E-state index contributed by atoms with van der Waals surface area (Å²) in [6.45, 7) is 5.26. The first-order valence-electron chi connectivity index (χ1n) is 7.54. The molecule has 0 saturated carbocycles. The number of anilines is 2. The van der Waals surface area contributed by atoms with Gasteiger partial charge in [0.05, 0.1) is 5.69 Å². The monoisotopic (exact) mass is 282 g/mol. The van der Waals surface area contributed by atoms with Crippen LogP contribution in [0, 0.1) is 0 Å². The molecule has 2 heterocycles. The topological polar surface area (TPSA) is 45.4 Å². The minimum Gasteiger partial charge on any atom is -0.396 e. The molecule has 1 aliphatic heterocycles. The zero-order valence-electron chi connectivity index (χ0n) is 12.3. The molecule has 110 valence electrons. The second kappa shape index (κ2) is 6.59. The van der Waals surface area contributed by atoms with Gasteiger partial charge in [-0.2, -0.15) is 0 Å². The van der Waals surface area contributed by atoms with Crippen molar-refractivity contribution in [2.24, 2.45) is 0 Å². The van der Waals surface area contributed by atoms with Crippen molar-refractivity contribution in [2.45, 2.75) is 6.42 Å². The fourth-order valence-corrected chi connectivity index (χ4v) is 2.79. The molecular weight excluding hydrogens is 260 g/mol. The summed E-state index contributed by atoms with van der Waals surface area (Å²) in [5.41, 5.74) is 8.19. The fraction of sp³-hybridized carbons (Fsp3) is 0.353. The molecule has 0 atom stereocenters. The van der Waals surface area contributed by atoms with E-state index in [1.807, 2.05) is 18.3 Å². The molecule has 2 aromatic rings. The molecular formula is C17H22N4. The molecule has 1 aliphatic rings. The number of nitrogens with zero attached hydrogens (tertiary/aromatic N) is 3. The summed E-state index contributed by atoms with van der Waals surface area (Å²) in [5, 5.41) is 0. The van der Waals surface area contributed by atoms with Crippen LogP contribution in [-0.4, -0.2) is 42.6 Å². The van der Waals surface area contributed by atoms with Gasteiger partial charge in [0.2, 0.25) is 0 Å². The molecule has 0 radical (unpaired) electrons. The van der Waals surface area contributed by atoms with Crippen molar-refractivity contribution in [2.75, 3.05) is 43.4 Å². The number of piperazine rings is 1. The first-order valence-corrected chi connectivity index (χ1v) is 7.54. The minimum atomic E-state index is 0.773. The van der Waals surface area contributed by atoms with E-state index in [1.54, 1.807) is 0 Å². The highest BCUT2D eigenvalue weighted by atomic mass is 15.3. The van der Waals surface area contributed by atoms with Gasteiger partial charge in [0.25, 0.3) is 0 Å². The molecule has 0 unspecified atom stereocenters. The van der Waals surface area contributed by atoms with Crippen molar-refractivity contribution in [3.05, 3.63) is 54.2 Å². The van der Waals surface area contributed by atoms with Gasteiger partial charge in [0.15, 0.2) is 5.82 Å². The van der Waals surface area contributed by atoms with Crippen molar-refractivity contribution >= 4 is 11.5 Å². The highest BCUT2D eigenvalue weighted by Gasteiger charge is 2.18. The van der Waals surface area contributed by atoms with Crippen LogP contribution in [0.4, 0.5) is 11.5 Å². The second-order valence-corrected chi connectivity index (χ2v) is 5.48. The van der Waals surface area contributed by atoms with Gasteiger partial charge in [-0.05, 0) is 24.1 Å². The van der Waals surface area contributed by atoms with Gasteiger partial charge in [-0.25, -0.2) is 4.98 Å². The number of pyridine rings is 1. The van der Waals surface area contributed by atoms with Gasteiger partial charge in [-0.1, -0.05) is 30.3 Å². The van der Waals surface area contributed by atoms with Gasteiger partial charge < -0.3 is 10.6 Å². The van der Waals surface area contributed by atoms with E-state index in [4.69, 9.17) is 5.73 Å². The van der Waals surface area contributed by atoms with Crippen LogP contribution >= 0.6 is 0 Å². The lowest BCUT2D eigenvalue weighted by Gasteiger charge is -2.35. The van der Waals surface area contributed by atoms with Gasteiger partial charge >= 0.3 is 0 Å².